The van der Waals surface area contributed by atoms with Crippen molar-refractivity contribution in [3.05, 3.63) is 24.2 Å². The Morgan fingerprint density at radius 1 is 1.32 bits per heavy atom. The van der Waals surface area contributed by atoms with E-state index in [0.29, 0.717) is 17.9 Å². The van der Waals surface area contributed by atoms with Crippen molar-refractivity contribution in [2.45, 2.75) is 50.6 Å². The van der Waals surface area contributed by atoms with E-state index in [0.717, 1.165) is 25.7 Å². The van der Waals surface area contributed by atoms with Crippen LogP contribution >= 0.6 is 0 Å². The van der Waals surface area contributed by atoms with Crippen LogP contribution in [0, 0.1) is 5.92 Å². The zero-order valence-corrected chi connectivity index (χ0v) is 14.4. The molecule has 1 aromatic heterocycles. The number of carbonyl (C=O) groups is 3. The van der Waals surface area contributed by atoms with Gasteiger partial charge in [0.2, 0.25) is 5.91 Å². The molecule has 0 bridgehead atoms. The number of likely N-dealkylation sites (tertiary alicyclic amines) is 1. The highest BCUT2D eigenvalue weighted by molar-refractivity contribution is 5.94. The topological polar surface area (TPSA) is 88.9 Å². The lowest BCUT2D eigenvalue weighted by Gasteiger charge is -2.33. The highest BCUT2D eigenvalue weighted by Crippen LogP contribution is 2.40. The highest BCUT2D eigenvalue weighted by Gasteiger charge is 2.47. The van der Waals surface area contributed by atoms with Gasteiger partial charge in [-0.15, -0.1) is 0 Å². The number of esters is 1. The molecule has 1 saturated carbocycles. The number of nitrogens with zero attached hydrogens (tertiary/aromatic N) is 1. The summed E-state index contributed by atoms with van der Waals surface area (Å²) >= 11 is 0. The van der Waals surface area contributed by atoms with Crippen LogP contribution in [0.2, 0.25) is 0 Å². The minimum atomic E-state index is -0.491. The largest absolute Gasteiger partial charge is 0.472 e. The molecule has 7 nitrogen and oxygen atoms in total. The second-order valence-corrected chi connectivity index (χ2v) is 6.71. The molecule has 0 spiro atoms. The number of fused-ring (bicyclic) bond motifs is 1. The molecule has 2 amide bonds. The van der Waals surface area contributed by atoms with Gasteiger partial charge in [-0.05, 0) is 31.2 Å². The average Bonchev–Trinajstić information content (AvgIpc) is 3.28. The van der Waals surface area contributed by atoms with Crippen LogP contribution in [0.25, 0.3) is 0 Å². The zero-order chi connectivity index (χ0) is 17.8. The Labute approximate surface area is 146 Å². The Balaban J connectivity index is 1.60. The maximum atomic E-state index is 12.7. The van der Waals surface area contributed by atoms with Gasteiger partial charge in [-0.3, -0.25) is 9.59 Å². The molecule has 3 atom stereocenters. The van der Waals surface area contributed by atoms with Crippen LogP contribution in [0.3, 0.4) is 0 Å². The molecule has 2 aliphatic rings. The lowest BCUT2D eigenvalue weighted by atomic mass is 9.84. The van der Waals surface area contributed by atoms with Gasteiger partial charge in [0.1, 0.15) is 12.3 Å². The van der Waals surface area contributed by atoms with Gasteiger partial charge < -0.3 is 19.4 Å². The third-order valence-corrected chi connectivity index (χ3v) is 5.26. The Morgan fingerprint density at radius 2 is 2.12 bits per heavy atom. The zero-order valence-electron chi connectivity index (χ0n) is 14.4. The van der Waals surface area contributed by atoms with Gasteiger partial charge in [0.15, 0.2) is 0 Å². The summed E-state index contributed by atoms with van der Waals surface area (Å²) in [4.78, 5) is 38.5. The van der Waals surface area contributed by atoms with Gasteiger partial charge >= 0.3 is 5.97 Å². The summed E-state index contributed by atoms with van der Waals surface area (Å²) in [5.41, 5.74) is 0.424. The first-order chi connectivity index (χ1) is 12.1. The van der Waals surface area contributed by atoms with Crippen molar-refractivity contribution in [1.82, 2.24) is 10.2 Å². The molecule has 1 saturated heterocycles. The van der Waals surface area contributed by atoms with Crippen LogP contribution in [0.15, 0.2) is 23.0 Å². The fourth-order valence-corrected chi connectivity index (χ4v) is 4.07. The standard InChI is InChI=1S/C18H24N2O5/c1-24-18(23)15-10-12-4-2-3-5-14(12)20(15)16(21)6-8-19-17(22)13-7-9-25-11-13/h7,9,11-12,14-15H,2-6,8,10H2,1H3,(H,19,22)/t12-,14-,15-/m0/s1. The van der Waals surface area contributed by atoms with Crippen molar-refractivity contribution >= 4 is 17.8 Å². The second kappa shape index (κ2) is 7.72. The lowest BCUT2D eigenvalue weighted by molar-refractivity contribution is -0.152. The van der Waals surface area contributed by atoms with E-state index in [1.54, 1.807) is 11.0 Å². The van der Waals surface area contributed by atoms with Crippen LogP contribution in [0.1, 0.15) is 48.9 Å². The molecule has 0 aromatic carbocycles. The summed E-state index contributed by atoms with van der Waals surface area (Å²) in [5.74, 6) is -0.340. The van der Waals surface area contributed by atoms with Gasteiger partial charge in [-0.1, -0.05) is 12.8 Å². The summed E-state index contributed by atoms with van der Waals surface area (Å²) in [6.45, 7) is 0.227. The van der Waals surface area contributed by atoms with E-state index in [1.165, 1.54) is 19.6 Å². The molecule has 1 aliphatic heterocycles. The number of carbonyl (C=O) groups excluding carboxylic acids is 3. The predicted octanol–water partition coefficient (Wildman–Crippen LogP) is 1.73. The van der Waals surface area contributed by atoms with E-state index in [1.807, 2.05) is 0 Å². The van der Waals surface area contributed by atoms with Gasteiger partial charge in [0.05, 0.1) is 18.9 Å². The molecule has 136 valence electrons. The smallest absolute Gasteiger partial charge is 0.328 e. The van der Waals surface area contributed by atoms with E-state index >= 15 is 0 Å². The molecular formula is C18H24N2O5. The van der Waals surface area contributed by atoms with Crippen molar-refractivity contribution < 1.29 is 23.5 Å². The third kappa shape index (κ3) is 3.70. The van der Waals surface area contributed by atoms with Gasteiger partial charge in [0, 0.05) is 19.0 Å². The molecule has 2 fully saturated rings. The van der Waals surface area contributed by atoms with Crippen molar-refractivity contribution in [3.8, 4) is 0 Å². The highest BCUT2D eigenvalue weighted by atomic mass is 16.5. The SMILES string of the molecule is COC(=O)[C@@H]1C[C@@H]2CCCC[C@@H]2N1C(=O)CCNC(=O)c1ccoc1. The average molecular weight is 348 g/mol. The summed E-state index contributed by atoms with van der Waals surface area (Å²) in [5, 5.41) is 2.71. The van der Waals surface area contributed by atoms with E-state index < -0.39 is 6.04 Å². The summed E-state index contributed by atoms with van der Waals surface area (Å²) in [6.07, 6.45) is 7.86. The van der Waals surface area contributed by atoms with Crippen LogP contribution in [-0.2, 0) is 14.3 Å². The van der Waals surface area contributed by atoms with Crippen molar-refractivity contribution in [3.63, 3.8) is 0 Å². The van der Waals surface area contributed by atoms with Gasteiger partial charge in [-0.2, -0.15) is 0 Å². The first-order valence-electron chi connectivity index (χ1n) is 8.81. The number of hydrogen-bond donors (Lipinski definition) is 1. The summed E-state index contributed by atoms with van der Waals surface area (Å²) in [6, 6.07) is 1.20. The molecule has 25 heavy (non-hydrogen) atoms. The monoisotopic (exact) mass is 348 g/mol. The Hall–Kier alpha value is -2.31. The quantitative estimate of drug-likeness (QED) is 0.819. The molecule has 7 heteroatoms. The number of methoxy groups -OCH3 is 1. The molecule has 1 aliphatic carbocycles. The molecular weight excluding hydrogens is 324 g/mol. The fourth-order valence-electron chi connectivity index (χ4n) is 4.07. The maximum absolute atomic E-state index is 12.7. The van der Waals surface area contributed by atoms with E-state index in [4.69, 9.17) is 9.15 Å². The minimum Gasteiger partial charge on any atom is -0.472 e. The second-order valence-electron chi connectivity index (χ2n) is 6.71. The normalized spacial score (nSPS) is 25.3. The number of rotatable bonds is 5. The molecule has 1 N–H and O–H groups in total. The first-order valence-corrected chi connectivity index (χ1v) is 8.81. The molecule has 1 aromatic rings. The third-order valence-electron chi connectivity index (χ3n) is 5.26. The van der Waals surface area contributed by atoms with Crippen molar-refractivity contribution in [2.24, 2.45) is 5.92 Å². The van der Waals surface area contributed by atoms with Gasteiger partial charge in [-0.25, -0.2) is 4.79 Å². The Bertz CT molecular complexity index is 627. The number of hydrogen-bond acceptors (Lipinski definition) is 5. The Morgan fingerprint density at radius 3 is 2.84 bits per heavy atom. The first kappa shape index (κ1) is 17.5. The van der Waals surface area contributed by atoms with Crippen LogP contribution < -0.4 is 5.32 Å². The number of ether oxygens (including phenoxy) is 1. The number of furan rings is 1. The lowest BCUT2D eigenvalue weighted by Crippen LogP contribution is -2.47. The van der Waals surface area contributed by atoms with E-state index in [-0.39, 0.29) is 36.8 Å². The Kier molecular flexibility index (Phi) is 5.40. The molecule has 2 heterocycles. The summed E-state index contributed by atoms with van der Waals surface area (Å²) in [7, 11) is 1.36. The van der Waals surface area contributed by atoms with Crippen LogP contribution in [-0.4, -0.2) is 48.4 Å². The minimum absolute atomic E-state index is 0.0997. The fraction of sp³-hybridized carbons (Fsp3) is 0.611. The molecule has 3 rings (SSSR count). The van der Waals surface area contributed by atoms with E-state index in [9.17, 15) is 14.4 Å². The van der Waals surface area contributed by atoms with Crippen LogP contribution in [0.5, 0.6) is 0 Å². The van der Waals surface area contributed by atoms with Crippen LogP contribution in [0.4, 0.5) is 0 Å². The van der Waals surface area contributed by atoms with Crippen molar-refractivity contribution in [1.29, 1.82) is 0 Å². The maximum Gasteiger partial charge on any atom is 0.328 e. The number of amides is 2. The van der Waals surface area contributed by atoms with Gasteiger partial charge in [0.25, 0.3) is 5.91 Å². The predicted molar refractivity (Wildman–Crippen MR) is 88.7 cm³/mol. The molecule has 0 radical (unpaired) electrons. The molecule has 0 unspecified atom stereocenters. The van der Waals surface area contributed by atoms with Crippen molar-refractivity contribution in [2.75, 3.05) is 13.7 Å². The summed E-state index contributed by atoms with van der Waals surface area (Å²) < 4.78 is 9.77. The van der Waals surface area contributed by atoms with E-state index in [2.05, 4.69) is 5.32 Å². The number of nitrogens with one attached hydrogen (secondary N) is 1.